The van der Waals surface area contributed by atoms with E-state index in [1.54, 1.807) is 18.0 Å². The first-order valence-corrected chi connectivity index (χ1v) is 11.3. The molecule has 2 unspecified atom stereocenters. The molecule has 1 aromatic heterocycles. The molecule has 5 rings (SSSR count). The molecule has 0 saturated heterocycles. The number of carbonyl (C=O) groups excluding carboxylic acids is 2. The second kappa shape index (κ2) is 8.24. The number of para-hydroxylation sites is 1. The number of aromatic nitrogens is 1. The number of carbonyl (C=O) groups is 2. The molecule has 2 atom stereocenters. The molecule has 2 N–H and O–H groups in total. The molecule has 3 aromatic carbocycles. The van der Waals surface area contributed by atoms with E-state index in [1.165, 1.54) is 5.56 Å². The number of anilines is 1. The van der Waals surface area contributed by atoms with Crippen molar-refractivity contribution in [3.05, 3.63) is 101 Å². The average Bonchev–Trinajstić information content (AvgIpc) is 3.25. The fourth-order valence-corrected chi connectivity index (χ4v) is 4.86. The van der Waals surface area contributed by atoms with Crippen molar-refractivity contribution in [1.82, 2.24) is 9.88 Å². The largest absolute Gasteiger partial charge is 0.361 e. The van der Waals surface area contributed by atoms with E-state index in [9.17, 15) is 9.59 Å². The van der Waals surface area contributed by atoms with Gasteiger partial charge in [0.15, 0.2) is 0 Å². The van der Waals surface area contributed by atoms with Crippen molar-refractivity contribution in [2.45, 2.75) is 31.7 Å². The normalized spacial score (nSPS) is 17.9. The van der Waals surface area contributed by atoms with Crippen LogP contribution in [0.3, 0.4) is 0 Å². The molecule has 1 aliphatic heterocycles. The third-order valence-electron chi connectivity index (χ3n) is 6.65. The standard InChI is InChI=1S/C28H27N3O2/c1-17(2)18-12-14-19(15-13-18)30-27(32)25-21-9-4-5-10-22(21)28(33)31(3)26(25)23-16-29-24-11-7-6-8-20(23)24/h4-17,25-26,29H,1-3H3,(H,30,32). The van der Waals surface area contributed by atoms with Crippen LogP contribution in [0.4, 0.5) is 5.69 Å². The number of rotatable bonds is 4. The molecule has 0 aliphatic carbocycles. The highest BCUT2D eigenvalue weighted by molar-refractivity contribution is 6.05. The second-order valence-electron chi connectivity index (χ2n) is 8.98. The lowest BCUT2D eigenvalue weighted by molar-refractivity contribution is -0.119. The lowest BCUT2D eigenvalue weighted by Crippen LogP contribution is -2.44. The van der Waals surface area contributed by atoms with Gasteiger partial charge in [-0.15, -0.1) is 0 Å². The lowest BCUT2D eigenvalue weighted by atomic mass is 9.79. The van der Waals surface area contributed by atoms with Gasteiger partial charge >= 0.3 is 0 Å². The summed E-state index contributed by atoms with van der Waals surface area (Å²) in [7, 11) is 1.78. The molecule has 2 amide bonds. The summed E-state index contributed by atoms with van der Waals surface area (Å²) in [5.74, 6) is -0.334. The van der Waals surface area contributed by atoms with Crippen LogP contribution in [0.1, 0.15) is 58.8 Å². The number of hydrogen-bond acceptors (Lipinski definition) is 2. The lowest BCUT2D eigenvalue weighted by Gasteiger charge is -2.39. The molecule has 33 heavy (non-hydrogen) atoms. The summed E-state index contributed by atoms with van der Waals surface area (Å²) < 4.78 is 0. The third kappa shape index (κ3) is 3.59. The highest BCUT2D eigenvalue weighted by atomic mass is 16.2. The number of fused-ring (bicyclic) bond motifs is 2. The monoisotopic (exact) mass is 437 g/mol. The molecular formula is C28H27N3O2. The van der Waals surface area contributed by atoms with Crippen molar-refractivity contribution in [3.63, 3.8) is 0 Å². The first-order chi connectivity index (χ1) is 16.0. The maximum absolute atomic E-state index is 13.8. The van der Waals surface area contributed by atoms with Crippen LogP contribution in [0.5, 0.6) is 0 Å². The van der Waals surface area contributed by atoms with E-state index in [1.807, 2.05) is 72.9 Å². The van der Waals surface area contributed by atoms with Gasteiger partial charge < -0.3 is 15.2 Å². The van der Waals surface area contributed by atoms with Gasteiger partial charge in [-0.1, -0.05) is 62.4 Å². The summed E-state index contributed by atoms with van der Waals surface area (Å²) in [5, 5.41) is 4.12. The van der Waals surface area contributed by atoms with Crippen LogP contribution in [-0.2, 0) is 4.79 Å². The number of nitrogens with zero attached hydrogens (tertiary/aromatic N) is 1. The quantitative estimate of drug-likeness (QED) is 0.421. The number of amides is 2. The first kappa shape index (κ1) is 21.0. The molecule has 0 radical (unpaired) electrons. The highest BCUT2D eigenvalue weighted by Gasteiger charge is 2.43. The predicted octanol–water partition coefficient (Wildman–Crippen LogP) is 5.84. The molecule has 0 fully saturated rings. The Hall–Kier alpha value is -3.86. The number of benzene rings is 3. The van der Waals surface area contributed by atoms with Crippen molar-refractivity contribution >= 4 is 28.4 Å². The Bertz CT molecular complexity index is 1340. The Labute approximate surface area is 193 Å². The van der Waals surface area contributed by atoms with Crippen LogP contribution in [0, 0.1) is 0 Å². The Morgan fingerprint density at radius 1 is 0.939 bits per heavy atom. The molecule has 4 aromatic rings. The van der Waals surface area contributed by atoms with Crippen LogP contribution >= 0.6 is 0 Å². The van der Waals surface area contributed by atoms with Crippen LogP contribution in [0.15, 0.2) is 79.0 Å². The van der Waals surface area contributed by atoms with Crippen molar-refractivity contribution < 1.29 is 9.59 Å². The van der Waals surface area contributed by atoms with Gasteiger partial charge in [0.05, 0.1) is 12.0 Å². The zero-order valence-electron chi connectivity index (χ0n) is 19.0. The molecule has 166 valence electrons. The molecule has 5 nitrogen and oxygen atoms in total. The highest BCUT2D eigenvalue weighted by Crippen LogP contribution is 2.44. The van der Waals surface area contributed by atoms with E-state index < -0.39 is 12.0 Å². The average molecular weight is 438 g/mol. The number of hydrogen-bond donors (Lipinski definition) is 2. The van der Waals surface area contributed by atoms with E-state index in [0.29, 0.717) is 11.5 Å². The van der Waals surface area contributed by atoms with Crippen LogP contribution < -0.4 is 5.32 Å². The molecule has 2 heterocycles. The minimum Gasteiger partial charge on any atom is -0.361 e. The summed E-state index contributed by atoms with van der Waals surface area (Å²) in [4.78, 5) is 32.1. The van der Waals surface area contributed by atoms with Gasteiger partial charge in [0, 0.05) is 41.0 Å². The number of nitrogens with one attached hydrogen (secondary N) is 2. The molecule has 5 heteroatoms. The van der Waals surface area contributed by atoms with Gasteiger partial charge in [-0.05, 0) is 41.3 Å². The number of aromatic amines is 1. The fourth-order valence-electron chi connectivity index (χ4n) is 4.86. The molecule has 0 saturated carbocycles. The summed E-state index contributed by atoms with van der Waals surface area (Å²) in [6.45, 7) is 4.29. The zero-order chi connectivity index (χ0) is 23.1. The van der Waals surface area contributed by atoms with E-state index in [-0.39, 0.29) is 11.8 Å². The molecule has 0 spiro atoms. The molecule has 0 bridgehead atoms. The van der Waals surface area contributed by atoms with Gasteiger partial charge in [-0.25, -0.2) is 0 Å². The summed E-state index contributed by atoms with van der Waals surface area (Å²) in [6.07, 6.45) is 1.92. The minimum atomic E-state index is -0.548. The van der Waals surface area contributed by atoms with Crippen LogP contribution in [0.25, 0.3) is 10.9 Å². The Balaban J connectivity index is 1.59. The van der Waals surface area contributed by atoms with Gasteiger partial charge in [-0.3, -0.25) is 9.59 Å². The Kier molecular flexibility index (Phi) is 5.25. The smallest absolute Gasteiger partial charge is 0.254 e. The predicted molar refractivity (Wildman–Crippen MR) is 131 cm³/mol. The van der Waals surface area contributed by atoms with Gasteiger partial charge in [0.1, 0.15) is 0 Å². The van der Waals surface area contributed by atoms with Crippen molar-refractivity contribution in [2.24, 2.45) is 0 Å². The van der Waals surface area contributed by atoms with E-state index >= 15 is 0 Å². The second-order valence-corrected chi connectivity index (χ2v) is 8.98. The van der Waals surface area contributed by atoms with E-state index in [0.717, 1.165) is 27.7 Å². The van der Waals surface area contributed by atoms with Crippen molar-refractivity contribution in [2.75, 3.05) is 12.4 Å². The topological polar surface area (TPSA) is 65.2 Å². The van der Waals surface area contributed by atoms with Gasteiger partial charge in [0.2, 0.25) is 5.91 Å². The third-order valence-corrected chi connectivity index (χ3v) is 6.65. The SMILES string of the molecule is CC(C)c1ccc(NC(=O)C2c3ccccc3C(=O)N(C)C2c2c[nH]c3ccccc23)cc1. The summed E-state index contributed by atoms with van der Waals surface area (Å²) >= 11 is 0. The summed E-state index contributed by atoms with van der Waals surface area (Å²) in [6, 6.07) is 22.9. The van der Waals surface area contributed by atoms with Crippen LogP contribution in [0.2, 0.25) is 0 Å². The van der Waals surface area contributed by atoms with Crippen LogP contribution in [-0.4, -0.2) is 28.7 Å². The van der Waals surface area contributed by atoms with E-state index in [2.05, 4.69) is 24.1 Å². The van der Waals surface area contributed by atoms with Gasteiger partial charge in [-0.2, -0.15) is 0 Å². The van der Waals surface area contributed by atoms with Crippen molar-refractivity contribution in [3.8, 4) is 0 Å². The summed E-state index contributed by atoms with van der Waals surface area (Å²) in [5.41, 5.74) is 5.22. The maximum Gasteiger partial charge on any atom is 0.254 e. The molecule has 1 aliphatic rings. The Morgan fingerprint density at radius 2 is 1.64 bits per heavy atom. The first-order valence-electron chi connectivity index (χ1n) is 11.3. The van der Waals surface area contributed by atoms with Crippen molar-refractivity contribution in [1.29, 1.82) is 0 Å². The zero-order valence-corrected chi connectivity index (χ0v) is 19.0. The van der Waals surface area contributed by atoms with Gasteiger partial charge in [0.25, 0.3) is 5.91 Å². The molecular weight excluding hydrogens is 410 g/mol. The minimum absolute atomic E-state index is 0.0776. The van der Waals surface area contributed by atoms with E-state index in [4.69, 9.17) is 0 Å². The maximum atomic E-state index is 13.8. The fraction of sp³-hybridized carbons (Fsp3) is 0.214. The number of likely N-dealkylation sites (N-methyl/N-ethyl adjacent to an activating group) is 1. The number of H-pyrrole nitrogens is 1. The Morgan fingerprint density at radius 3 is 2.39 bits per heavy atom.